The molecule has 0 N–H and O–H groups in total. The molecule has 0 bridgehead atoms. The first-order valence-corrected chi connectivity index (χ1v) is 4.22. The van der Waals surface area contributed by atoms with E-state index in [-0.39, 0.29) is 11.9 Å². The fraction of sp³-hybridized carbons (Fsp3) is 0.556. The van der Waals surface area contributed by atoms with Crippen LogP contribution in [0.1, 0.15) is 26.2 Å². The van der Waals surface area contributed by atoms with Crippen molar-refractivity contribution in [3.05, 3.63) is 12.3 Å². The summed E-state index contributed by atoms with van der Waals surface area (Å²) in [4.78, 5) is 23.2. The molecule has 66 valence electrons. The van der Waals surface area contributed by atoms with Gasteiger partial charge in [0.25, 0.3) is 0 Å². The van der Waals surface area contributed by atoms with E-state index >= 15 is 0 Å². The molecule has 3 heteroatoms. The van der Waals surface area contributed by atoms with Crippen LogP contribution in [0.3, 0.4) is 0 Å². The largest absolute Gasteiger partial charge is 0.309 e. The lowest BCUT2D eigenvalue weighted by Gasteiger charge is -2.14. The Morgan fingerprint density at radius 2 is 2.42 bits per heavy atom. The zero-order chi connectivity index (χ0) is 8.97. The second-order valence-electron chi connectivity index (χ2n) is 2.84. The number of carbonyl (C=O) groups is 2. The van der Waals surface area contributed by atoms with Gasteiger partial charge in [0, 0.05) is 12.6 Å². The van der Waals surface area contributed by atoms with Crippen molar-refractivity contribution >= 4 is 12.2 Å². The second kappa shape index (κ2) is 4.04. The van der Waals surface area contributed by atoms with E-state index < -0.39 is 0 Å². The molecule has 12 heavy (non-hydrogen) atoms. The third kappa shape index (κ3) is 1.72. The topological polar surface area (TPSA) is 37.4 Å². The van der Waals surface area contributed by atoms with E-state index in [1.165, 1.54) is 4.90 Å². The van der Waals surface area contributed by atoms with Gasteiger partial charge in [0.1, 0.15) is 6.29 Å². The normalized spacial score (nSPS) is 23.9. The number of carbonyl (C=O) groups excluding carboxylic acids is 2. The highest BCUT2D eigenvalue weighted by Crippen LogP contribution is 2.17. The van der Waals surface area contributed by atoms with Gasteiger partial charge < -0.3 is 9.69 Å². The quantitative estimate of drug-likeness (QED) is 0.590. The van der Waals surface area contributed by atoms with Gasteiger partial charge in [0.05, 0.1) is 6.04 Å². The molecule has 0 aliphatic carbocycles. The van der Waals surface area contributed by atoms with Crippen LogP contribution in [-0.2, 0) is 9.59 Å². The molecule has 1 fully saturated rings. The molecule has 0 aromatic rings. The summed E-state index contributed by atoms with van der Waals surface area (Å²) in [6, 6.07) is -0.222. The van der Waals surface area contributed by atoms with Crippen LogP contribution in [0.4, 0.5) is 0 Å². The summed E-state index contributed by atoms with van der Waals surface area (Å²) >= 11 is 0. The molecule has 0 aromatic carbocycles. The molecule has 0 radical (unpaired) electrons. The highest BCUT2D eigenvalue weighted by Gasteiger charge is 2.28. The summed E-state index contributed by atoms with van der Waals surface area (Å²) < 4.78 is 0. The Kier molecular flexibility index (Phi) is 3.02. The predicted molar refractivity (Wildman–Crippen MR) is 45.4 cm³/mol. The molecule has 1 saturated heterocycles. The van der Waals surface area contributed by atoms with Crippen LogP contribution in [0.5, 0.6) is 0 Å². The Hall–Kier alpha value is -1.12. The van der Waals surface area contributed by atoms with Crippen molar-refractivity contribution in [2.24, 2.45) is 0 Å². The smallest absolute Gasteiger partial charge is 0.227 e. The second-order valence-corrected chi connectivity index (χ2v) is 2.84. The maximum atomic E-state index is 11.2. The van der Waals surface area contributed by atoms with Gasteiger partial charge >= 0.3 is 0 Å². The Balaban J connectivity index is 2.63. The molecule has 1 amide bonds. The van der Waals surface area contributed by atoms with Crippen molar-refractivity contribution in [3.63, 3.8) is 0 Å². The first-order chi connectivity index (χ1) is 5.79. The highest BCUT2D eigenvalue weighted by molar-refractivity contribution is 5.84. The van der Waals surface area contributed by atoms with E-state index in [1.54, 1.807) is 6.20 Å². The summed E-state index contributed by atoms with van der Waals surface area (Å²) in [6.45, 7) is 1.99. The van der Waals surface area contributed by atoms with Crippen molar-refractivity contribution in [3.8, 4) is 0 Å². The summed E-state index contributed by atoms with van der Waals surface area (Å²) in [5, 5.41) is 0. The molecule has 3 nitrogen and oxygen atoms in total. The Morgan fingerprint density at radius 1 is 1.67 bits per heavy atom. The summed E-state index contributed by atoms with van der Waals surface area (Å²) in [5.41, 5.74) is 0. The summed E-state index contributed by atoms with van der Waals surface area (Å²) in [5.74, 6) is 0.0526. The molecule has 1 rings (SSSR count). The van der Waals surface area contributed by atoms with Crippen molar-refractivity contribution in [2.45, 2.75) is 32.2 Å². The lowest BCUT2D eigenvalue weighted by molar-refractivity contribution is -0.128. The van der Waals surface area contributed by atoms with Crippen LogP contribution in [0, 0.1) is 0 Å². The standard InChI is InChI=1S/C9H13NO2/c1-2-3-6-10-8(7-11)4-5-9(10)12/h3,6-8H,2,4-5H2,1H3/b6-3+/t8-/m0/s1. The molecule has 1 atom stereocenters. The van der Waals surface area contributed by atoms with Gasteiger partial charge in [0.2, 0.25) is 5.91 Å². The fourth-order valence-electron chi connectivity index (χ4n) is 1.27. The number of hydrogen-bond acceptors (Lipinski definition) is 2. The van der Waals surface area contributed by atoms with Crippen LogP contribution in [0.2, 0.25) is 0 Å². The van der Waals surface area contributed by atoms with E-state index in [9.17, 15) is 9.59 Å². The van der Waals surface area contributed by atoms with Crippen LogP contribution in [0.25, 0.3) is 0 Å². The third-order valence-electron chi connectivity index (χ3n) is 1.96. The number of rotatable bonds is 3. The summed E-state index contributed by atoms with van der Waals surface area (Å²) in [7, 11) is 0. The van der Waals surface area contributed by atoms with Gasteiger partial charge in [-0.15, -0.1) is 0 Å². The average Bonchev–Trinajstić information content (AvgIpc) is 2.43. The van der Waals surface area contributed by atoms with Crippen LogP contribution in [0.15, 0.2) is 12.3 Å². The molecule has 0 spiro atoms. The maximum absolute atomic E-state index is 11.2. The molecule has 1 heterocycles. The highest BCUT2D eigenvalue weighted by atomic mass is 16.2. The molecular formula is C9H13NO2. The lowest BCUT2D eigenvalue weighted by atomic mass is 10.2. The maximum Gasteiger partial charge on any atom is 0.227 e. The molecular weight excluding hydrogens is 154 g/mol. The number of allylic oxidation sites excluding steroid dienone is 1. The number of amides is 1. The zero-order valence-electron chi connectivity index (χ0n) is 7.19. The van der Waals surface area contributed by atoms with Crippen LogP contribution < -0.4 is 0 Å². The van der Waals surface area contributed by atoms with Crippen molar-refractivity contribution in [2.75, 3.05) is 0 Å². The predicted octanol–water partition coefficient (Wildman–Crippen LogP) is 1.10. The fourth-order valence-corrected chi connectivity index (χ4v) is 1.27. The minimum atomic E-state index is -0.222. The van der Waals surface area contributed by atoms with Crippen molar-refractivity contribution in [1.82, 2.24) is 4.90 Å². The Morgan fingerprint density at radius 3 is 3.00 bits per heavy atom. The van der Waals surface area contributed by atoms with Crippen LogP contribution in [-0.4, -0.2) is 23.1 Å². The number of likely N-dealkylation sites (tertiary alicyclic amines) is 1. The number of hydrogen-bond donors (Lipinski definition) is 0. The first kappa shape index (κ1) is 8.97. The summed E-state index contributed by atoms with van der Waals surface area (Å²) in [6.07, 6.45) is 6.49. The Labute approximate surface area is 72.0 Å². The monoisotopic (exact) mass is 167 g/mol. The van der Waals surface area contributed by atoms with Gasteiger partial charge in [-0.2, -0.15) is 0 Å². The molecule has 1 aliphatic heterocycles. The van der Waals surface area contributed by atoms with E-state index in [0.29, 0.717) is 12.8 Å². The van der Waals surface area contributed by atoms with E-state index in [1.807, 2.05) is 13.0 Å². The molecule has 1 aliphatic rings. The van der Waals surface area contributed by atoms with Gasteiger partial charge in [-0.25, -0.2) is 0 Å². The third-order valence-corrected chi connectivity index (χ3v) is 1.96. The van der Waals surface area contributed by atoms with E-state index in [4.69, 9.17) is 0 Å². The zero-order valence-corrected chi connectivity index (χ0v) is 7.19. The number of aldehydes is 1. The van der Waals surface area contributed by atoms with Crippen molar-refractivity contribution in [1.29, 1.82) is 0 Å². The van der Waals surface area contributed by atoms with Crippen LogP contribution >= 0.6 is 0 Å². The van der Waals surface area contributed by atoms with Gasteiger partial charge in [0.15, 0.2) is 0 Å². The lowest BCUT2D eigenvalue weighted by Crippen LogP contribution is -2.28. The average molecular weight is 167 g/mol. The molecule has 0 unspecified atom stereocenters. The molecule has 0 aromatic heterocycles. The van der Waals surface area contributed by atoms with Gasteiger partial charge in [-0.3, -0.25) is 4.79 Å². The van der Waals surface area contributed by atoms with Crippen molar-refractivity contribution < 1.29 is 9.59 Å². The number of nitrogens with zero attached hydrogens (tertiary/aromatic N) is 1. The minimum absolute atomic E-state index is 0.0526. The van der Waals surface area contributed by atoms with E-state index in [0.717, 1.165) is 12.7 Å². The first-order valence-electron chi connectivity index (χ1n) is 4.22. The molecule has 0 saturated carbocycles. The van der Waals surface area contributed by atoms with Gasteiger partial charge in [-0.1, -0.05) is 13.0 Å². The minimum Gasteiger partial charge on any atom is -0.309 e. The van der Waals surface area contributed by atoms with Gasteiger partial charge in [-0.05, 0) is 12.8 Å². The SMILES string of the molecule is CC/C=C/N1C(=O)CC[C@H]1C=O. The van der Waals surface area contributed by atoms with E-state index in [2.05, 4.69) is 0 Å². The Bertz CT molecular complexity index is 211.